The van der Waals surface area contributed by atoms with Crippen LogP contribution in [0.4, 0.5) is 8.78 Å². The van der Waals surface area contributed by atoms with Crippen LogP contribution in [0.25, 0.3) is 0 Å². The molecule has 30 heavy (non-hydrogen) atoms. The van der Waals surface area contributed by atoms with E-state index in [1.807, 2.05) is 12.1 Å². The zero-order valence-corrected chi connectivity index (χ0v) is 16.7. The largest absolute Gasteiger partial charge is 0.452 e. The van der Waals surface area contributed by atoms with Gasteiger partial charge in [0.1, 0.15) is 11.6 Å². The number of amides is 1. The molecule has 8 heteroatoms. The molecular weight excluding hydrogens is 394 g/mol. The Balaban J connectivity index is 1.46. The number of rotatable bonds is 7. The van der Waals surface area contributed by atoms with Crippen molar-refractivity contribution in [2.45, 2.75) is 19.5 Å². The van der Waals surface area contributed by atoms with E-state index in [1.54, 1.807) is 19.1 Å². The first kappa shape index (κ1) is 21.9. The number of benzene rings is 2. The first-order valence-corrected chi connectivity index (χ1v) is 9.73. The van der Waals surface area contributed by atoms with Gasteiger partial charge < -0.3 is 14.8 Å². The molecule has 160 valence electrons. The fourth-order valence-corrected chi connectivity index (χ4v) is 3.19. The lowest BCUT2D eigenvalue weighted by Crippen LogP contribution is -2.35. The van der Waals surface area contributed by atoms with Gasteiger partial charge in [-0.05, 0) is 30.7 Å². The third-order valence-electron chi connectivity index (χ3n) is 4.84. The van der Waals surface area contributed by atoms with Crippen molar-refractivity contribution in [3.8, 4) is 0 Å². The van der Waals surface area contributed by atoms with Crippen molar-refractivity contribution in [1.29, 1.82) is 0 Å². The summed E-state index contributed by atoms with van der Waals surface area (Å²) < 4.78 is 37.1. The van der Waals surface area contributed by atoms with E-state index in [-0.39, 0.29) is 5.56 Å². The van der Waals surface area contributed by atoms with Gasteiger partial charge in [-0.3, -0.25) is 9.69 Å². The number of morpholine rings is 1. The maximum atomic E-state index is 13.8. The highest BCUT2D eigenvalue weighted by atomic mass is 19.1. The van der Waals surface area contributed by atoms with E-state index in [1.165, 1.54) is 6.07 Å². The summed E-state index contributed by atoms with van der Waals surface area (Å²) >= 11 is 0. The molecule has 1 aliphatic heterocycles. The minimum atomic E-state index is -0.753. The van der Waals surface area contributed by atoms with Crippen LogP contribution in [0.15, 0.2) is 42.5 Å². The molecule has 1 amide bonds. The van der Waals surface area contributed by atoms with Crippen molar-refractivity contribution in [3.05, 3.63) is 70.8 Å². The van der Waals surface area contributed by atoms with Crippen LogP contribution in [-0.4, -0.2) is 49.7 Å². The Morgan fingerprint density at radius 3 is 2.50 bits per heavy atom. The number of carbonyl (C=O) groups excluding carboxylic acids is 2. The van der Waals surface area contributed by atoms with Crippen LogP contribution in [0.2, 0.25) is 0 Å². The van der Waals surface area contributed by atoms with Gasteiger partial charge in [0.15, 0.2) is 6.61 Å². The van der Waals surface area contributed by atoms with Gasteiger partial charge >= 0.3 is 5.97 Å². The molecule has 1 N–H and O–H groups in total. The lowest BCUT2D eigenvalue weighted by Gasteiger charge is -2.26. The fourth-order valence-electron chi connectivity index (χ4n) is 3.19. The molecule has 1 aliphatic rings. The van der Waals surface area contributed by atoms with Crippen molar-refractivity contribution in [2.75, 3.05) is 32.9 Å². The molecule has 0 radical (unpaired) electrons. The summed E-state index contributed by atoms with van der Waals surface area (Å²) in [7, 11) is 0. The molecule has 0 spiro atoms. The summed E-state index contributed by atoms with van der Waals surface area (Å²) in [5.41, 5.74) is 1.56. The van der Waals surface area contributed by atoms with Crippen LogP contribution >= 0.6 is 0 Å². The lowest BCUT2D eigenvalue weighted by molar-refractivity contribution is -0.124. The predicted octanol–water partition coefficient (Wildman–Crippen LogP) is 2.83. The van der Waals surface area contributed by atoms with Crippen LogP contribution < -0.4 is 5.32 Å². The highest BCUT2D eigenvalue weighted by molar-refractivity contribution is 5.91. The van der Waals surface area contributed by atoms with Gasteiger partial charge in [0.25, 0.3) is 5.91 Å². The average molecular weight is 418 g/mol. The fraction of sp³-hybridized carbons (Fsp3) is 0.364. The Kier molecular flexibility index (Phi) is 7.48. The average Bonchev–Trinajstić information content (AvgIpc) is 2.73. The molecule has 0 unspecified atom stereocenters. The molecule has 1 saturated heterocycles. The number of esters is 1. The summed E-state index contributed by atoms with van der Waals surface area (Å²) in [5, 5.41) is 2.52. The Morgan fingerprint density at radius 2 is 1.83 bits per heavy atom. The number of nitrogens with one attached hydrogen (secondary N) is 1. The normalized spacial score (nSPS) is 15.4. The number of halogens is 2. The zero-order valence-electron chi connectivity index (χ0n) is 16.7. The van der Waals surface area contributed by atoms with Crippen molar-refractivity contribution in [2.24, 2.45) is 0 Å². The Bertz CT molecular complexity index is 883. The maximum absolute atomic E-state index is 13.8. The van der Waals surface area contributed by atoms with Gasteiger partial charge in [-0.25, -0.2) is 13.6 Å². The quantitative estimate of drug-likeness (QED) is 0.701. The summed E-state index contributed by atoms with van der Waals surface area (Å²) in [6.45, 7) is 5.03. The molecule has 3 rings (SSSR count). The van der Waals surface area contributed by atoms with E-state index in [0.29, 0.717) is 5.56 Å². The van der Waals surface area contributed by atoms with Crippen molar-refractivity contribution in [1.82, 2.24) is 10.2 Å². The summed E-state index contributed by atoms with van der Waals surface area (Å²) in [4.78, 5) is 26.5. The van der Waals surface area contributed by atoms with E-state index in [0.717, 1.165) is 50.5 Å². The molecule has 0 bridgehead atoms. The van der Waals surface area contributed by atoms with Crippen LogP contribution in [0.5, 0.6) is 0 Å². The smallest absolute Gasteiger partial charge is 0.338 e. The molecule has 2 aromatic carbocycles. The Labute approximate surface area is 173 Å². The first-order valence-electron chi connectivity index (χ1n) is 9.73. The van der Waals surface area contributed by atoms with E-state index in [9.17, 15) is 18.4 Å². The third-order valence-corrected chi connectivity index (χ3v) is 4.84. The van der Waals surface area contributed by atoms with Crippen LogP contribution in [0.1, 0.15) is 34.5 Å². The molecule has 2 aromatic rings. The van der Waals surface area contributed by atoms with Crippen LogP contribution in [0.3, 0.4) is 0 Å². The van der Waals surface area contributed by atoms with Gasteiger partial charge in [-0.2, -0.15) is 0 Å². The van der Waals surface area contributed by atoms with Crippen LogP contribution in [0, 0.1) is 11.6 Å². The molecule has 6 nitrogen and oxygen atoms in total. The van der Waals surface area contributed by atoms with Gasteiger partial charge in [0, 0.05) is 31.3 Å². The predicted molar refractivity (Wildman–Crippen MR) is 106 cm³/mol. The standard InChI is InChI=1S/C22H24F2N2O4/c1-15(19-7-6-18(23)12-20(19)24)25-21(27)14-30-22(28)17-4-2-16(3-5-17)13-26-8-10-29-11-9-26/h2-7,12,15H,8-11,13-14H2,1H3,(H,25,27)/t15-/m1/s1. The number of ether oxygens (including phenoxy) is 2. The third kappa shape index (κ3) is 6.08. The second-order valence-electron chi connectivity index (χ2n) is 7.12. The Morgan fingerprint density at radius 1 is 1.13 bits per heavy atom. The minimum Gasteiger partial charge on any atom is -0.452 e. The molecule has 1 heterocycles. The highest BCUT2D eigenvalue weighted by Gasteiger charge is 2.16. The lowest BCUT2D eigenvalue weighted by atomic mass is 10.1. The second-order valence-corrected chi connectivity index (χ2v) is 7.12. The molecule has 0 aliphatic carbocycles. The zero-order chi connectivity index (χ0) is 21.5. The van der Waals surface area contributed by atoms with E-state index < -0.39 is 36.2 Å². The van der Waals surface area contributed by atoms with Crippen molar-refractivity contribution < 1.29 is 27.8 Å². The molecule has 0 saturated carbocycles. The summed E-state index contributed by atoms with van der Waals surface area (Å²) in [6, 6.07) is 9.46. The van der Waals surface area contributed by atoms with Gasteiger partial charge in [-0.1, -0.05) is 18.2 Å². The van der Waals surface area contributed by atoms with Crippen molar-refractivity contribution >= 4 is 11.9 Å². The topological polar surface area (TPSA) is 67.9 Å². The van der Waals surface area contributed by atoms with Crippen LogP contribution in [-0.2, 0) is 20.8 Å². The second kappa shape index (κ2) is 10.3. The number of carbonyl (C=O) groups is 2. The van der Waals surface area contributed by atoms with E-state index in [2.05, 4.69) is 10.2 Å². The molecule has 1 atom stereocenters. The number of nitrogens with zero attached hydrogens (tertiary/aromatic N) is 1. The van der Waals surface area contributed by atoms with Gasteiger partial charge in [-0.15, -0.1) is 0 Å². The summed E-state index contributed by atoms with van der Waals surface area (Å²) in [6.07, 6.45) is 0. The van der Waals surface area contributed by atoms with E-state index in [4.69, 9.17) is 9.47 Å². The minimum absolute atomic E-state index is 0.145. The molecule has 0 aromatic heterocycles. The number of hydrogen-bond donors (Lipinski definition) is 1. The molecule has 1 fully saturated rings. The Hall–Kier alpha value is -2.84. The maximum Gasteiger partial charge on any atom is 0.338 e. The monoisotopic (exact) mass is 418 g/mol. The number of hydrogen-bond acceptors (Lipinski definition) is 5. The van der Waals surface area contributed by atoms with Gasteiger partial charge in [0.2, 0.25) is 0 Å². The SMILES string of the molecule is C[C@@H](NC(=O)COC(=O)c1ccc(CN2CCOCC2)cc1)c1ccc(F)cc1F. The highest BCUT2D eigenvalue weighted by Crippen LogP contribution is 2.17. The van der Waals surface area contributed by atoms with Crippen molar-refractivity contribution in [3.63, 3.8) is 0 Å². The van der Waals surface area contributed by atoms with Gasteiger partial charge in [0.05, 0.1) is 24.8 Å². The van der Waals surface area contributed by atoms with E-state index >= 15 is 0 Å². The molecular formula is C22H24F2N2O4. The summed E-state index contributed by atoms with van der Waals surface area (Å²) in [5.74, 6) is -2.65. The first-order chi connectivity index (χ1) is 14.4.